The molecule has 1 amide bonds. The van der Waals surface area contributed by atoms with E-state index in [2.05, 4.69) is 15.0 Å². The van der Waals surface area contributed by atoms with Gasteiger partial charge >= 0.3 is 0 Å². The minimum absolute atomic E-state index is 0.0666. The van der Waals surface area contributed by atoms with Crippen LogP contribution in [0.5, 0.6) is 0 Å². The van der Waals surface area contributed by atoms with Crippen LogP contribution in [0.15, 0.2) is 52.4 Å². The van der Waals surface area contributed by atoms with Crippen LogP contribution in [-0.2, 0) is 14.8 Å². The second-order valence-electron chi connectivity index (χ2n) is 7.20. The van der Waals surface area contributed by atoms with Crippen molar-refractivity contribution in [3.63, 3.8) is 0 Å². The SMILES string of the molecule is Cc1ccc(NC(=O)C(CC(C)C)N=C2NS(=O)(=O)c3ccccc32)c(F)c1. The predicted molar refractivity (Wildman–Crippen MR) is 106 cm³/mol. The molecule has 0 saturated carbocycles. The van der Waals surface area contributed by atoms with Crippen LogP contribution in [0.25, 0.3) is 0 Å². The van der Waals surface area contributed by atoms with Crippen LogP contribution in [0, 0.1) is 18.7 Å². The molecule has 0 saturated heterocycles. The van der Waals surface area contributed by atoms with Gasteiger partial charge in [0.25, 0.3) is 10.0 Å². The summed E-state index contributed by atoms with van der Waals surface area (Å²) in [5, 5.41) is 2.56. The lowest BCUT2D eigenvalue weighted by atomic mass is 10.0. The molecule has 1 atom stereocenters. The van der Waals surface area contributed by atoms with E-state index < -0.39 is 27.8 Å². The number of amides is 1. The average Bonchev–Trinajstić information content (AvgIpc) is 2.87. The number of rotatable bonds is 5. The largest absolute Gasteiger partial charge is 0.322 e. The molecule has 0 fully saturated rings. The normalized spacial score (nSPS) is 17.2. The number of nitrogens with zero attached hydrogens (tertiary/aromatic N) is 1. The third-order valence-electron chi connectivity index (χ3n) is 4.33. The van der Waals surface area contributed by atoms with Crippen molar-refractivity contribution in [1.82, 2.24) is 4.72 Å². The third kappa shape index (κ3) is 4.22. The Morgan fingerprint density at radius 2 is 1.93 bits per heavy atom. The summed E-state index contributed by atoms with van der Waals surface area (Å²) in [6.07, 6.45) is 0.382. The second kappa shape index (κ2) is 7.71. The van der Waals surface area contributed by atoms with E-state index in [-0.39, 0.29) is 22.3 Å². The topological polar surface area (TPSA) is 87.6 Å². The van der Waals surface area contributed by atoms with Gasteiger partial charge in [-0.1, -0.05) is 32.0 Å². The summed E-state index contributed by atoms with van der Waals surface area (Å²) in [6.45, 7) is 5.62. The predicted octanol–water partition coefficient (Wildman–Crippen LogP) is 3.23. The lowest BCUT2D eigenvalue weighted by Gasteiger charge is -2.16. The molecule has 0 bridgehead atoms. The van der Waals surface area contributed by atoms with Crippen molar-refractivity contribution in [2.45, 2.75) is 38.1 Å². The number of hydrogen-bond donors (Lipinski definition) is 2. The monoisotopic (exact) mass is 403 g/mol. The summed E-state index contributed by atoms with van der Waals surface area (Å²) >= 11 is 0. The van der Waals surface area contributed by atoms with Crippen LogP contribution >= 0.6 is 0 Å². The van der Waals surface area contributed by atoms with E-state index in [9.17, 15) is 17.6 Å². The minimum atomic E-state index is -3.70. The fourth-order valence-electron chi connectivity index (χ4n) is 2.99. The van der Waals surface area contributed by atoms with Gasteiger partial charge in [0, 0.05) is 5.56 Å². The quantitative estimate of drug-likeness (QED) is 0.803. The molecule has 148 valence electrons. The van der Waals surface area contributed by atoms with Crippen molar-refractivity contribution in [3.05, 3.63) is 59.4 Å². The summed E-state index contributed by atoms with van der Waals surface area (Å²) in [6, 6.07) is 10.1. The van der Waals surface area contributed by atoms with Gasteiger partial charge in [0.15, 0.2) is 0 Å². The van der Waals surface area contributed by atoms with Gasteiger partial charge in [-0.25, -0.2) is 12.8 Å². The van der Waals surface area contributed by atoms with Crippen LogP contribution in [-0.4, -0.2) is 26.2 Å². The highest BCUT2D eigenvalue weighted by atomic mass is 32.2. The smallest absolute Gasteiger partial charge is 0.263 e. The first-order chi connectivity index (χ1) is 13.2. The number of aliphatic imine (C=N–C) groups is 1. The fourth-order valence-corrected chi connectivity index (χ4v) is 4.23. The lowest BCUT2D eigenvalue weighted by molar-refractivity contribution is -0.117. The number of amidine groups is 1. The summed E-state index contributed by atoms with van der Waals surface area (Å²) < 4.78 is 41.0. The molecule has 0 aromatic heterocycles. The molecule has 1 heterocycles. The van der Waals surface area contributed by atoms with E-state index in [4.69, 9.17) is 0 Å². The molecule has 0 radical (unpaired) electrons. The molecule has 2 N–H and O–H groups in total. The molecule has 6 nitrogen and oxygen atoms in total. The first-order valence-corrected chi connectivity index (χ1v) is 10.4. The van der Waals surface area contributed by atoms with Gasteiger partial charge < -0.3 is 5.32 Å². The number of nitrogens with one attached hydrogen (secondary N) is 2. The molecule has 1 aliphatic rings. The van der Waals surface area contributed by atoms with Crippen LogP contribution in [0.4, 0.5) is 10.1 Å². The number of carbonyl (C=O) groups excluding carboxylic acids is 1. The molecule has 8 heteroatoms. The van der Waals surface area contributed by atoms with Gasteiger partial charge in [-0.15, -0.1) is 0 Å². The molecule has 0 aliphatic carbocycles. The Bertz CT molecular complexity index is 1050. The second-order valence-corrected chi connectivity index (χ2v) is 8.85. The molecule has 1 aliphatic heterocycles. The maximum absolute atomic E-state index is 14.1. The number of carbonyl (C=O) groups is 1. The van der Waals surface area contributed by atoms with E-state index in [1.54, 1.807) is 31.2 Å². The van der Waals surface area contributed by atoms with Gasteiger partial charge in [-0.3, -0.25) is 14.5 Å². The third-order valence-corrected chi connectivity index (χ3v) is 5.72. The Hall–Kier alpha value is -2.74. The number of hydrogen-bond acceptors (Lipinski definition) is 4. The number of fused-ring (bicyclic) bond motifs is 1. The highest BCUT2D eigenvalue weighted by molar-refractivity contribution is 7.90. The number of aryl methyl sites for hydroxylation is 1. The molecule has 28 heavy (non-hydrogen) atoms. The van der Waals surface area contributed by atoms with Crippen molar-refractivity contribution < 1.29 is 17.6 Å². The minimum Gasteiger partial charge on any atom is -0.322 e. The first-order valence-electron chi connectivity index (χ1n) is 8.94. The van der Waals surface area contributed by atoms with Gasteiger partial charge in [0.2, 0.25) is 5.91 Å². The Morgan fingerprint density at radius 1 is 1.21 bits per heavy atom. The van der Waals surface area contributed by atoms with Gasteiger partial charge in [-0.2, -0.15) is 0 Å². The molecule has 1 unspecified atom stereocenters. The Morgan fingerprint density at radius 3 is 2.61 bits per heavy atom. The zero-order valence-corrected chi connectivity index (χ0v) is 16.7. The lowest BCUT2D eigenvalue weighted by Crippen LogP contribution is -2.32. The molecule has 3 rings (SSSR count). The zero-order valence-electron chi connectivity index (χ0n) is 15.9. The highest BCUT2D eigenvalue weighted by Gasteiger charge is 2.32. The fraction of sp³-hybridized carbons (Fsp3) is 0.300. The van der Waals surface area contributed by atoms with Crippen molar-refractivity contribution in [2.75, 3.05) is 5.32 Å². The highest BCUT2D eigenvalue weighted by Crippen LogP contribution is 2.24. The number of anilines is 1. The maximum atomic E-state index is 14.1. The first kappa shape index (κ1) is 20.0. The average molecular weight is 403 g/mol. The van der Waals surface area contributed by atoms with E-state index in [1.165, 1.54) is 18.2 Å². The zero-order chi connectivity index (χ0) is 20.5. The molecule has 2 aromatic rings. The summed E-state index contributed by atoms with van der Waals surface area (Å²) in [7, 11) is -3.70. The van der Waals surface area contributed by atoms with Gasteiger partial charge in [0.05, 0.1) is 10.6 Å². The molecule has 2 aromatic carbocycles. The van der Waals surface area contributed by atoms with Gasteiger partial charge in [0.1, 0.15) is 17.7 Å². The van der Waals surface area contributed by atoms with E-state index >= 15 is 0 Å². The Balaban J connectivity index is 1.93. The molecular formula is C20H22FN3O3S. The van der Waals surface area contributed by atoms with Crippen molar-refractivity contribution in [1.29, 1.82) is 0 Å². The molecular weight excluding hydrogens is 381 g/mol. The number of halogens is 1. The van der Waals surface area contributed by atoms with E-state index in [0.717, 1.165) is 5.56 Å². The maximum Gasteiger partial charge on any atom is 0.263 e. The Kier molecular flexibility index (Phi) is 5.51. The summed E-state index contributed by atoms with van der Waals surface area (Å²) in [5.41, 5.74) is 1.23. The Labute approximate surface area is 163 Å². The van der Waals surface area contributed by atoms with Crippen LogP contribution in [0.1, 0.15) is 31.4 Å². The van der Waals surface area contributed by atoms with E-state index in [1.807, 2.05) is 13.8 Å². The number of benzene rings is 2. The van der Waals surface area contributed by atoms with Crippen molar-refractivity contribution in [3.8, 4) is 0 Å². The van der Waals surface area contributed by atoms with Crippen molar-refractivity contribution >= 4 is 27.5 Å². The summed E-state index contributed by atoms with van der Waals surface area (Å²) in [5.74, 6) is -0.777. The molecule has 0 spiro atoms. The standard InChI is InChI=1S/C20H22FN3O3S/c1-12(2)10-17(20(25)23-16-9-8-13(3)11-15(16)21)22-19-14-6-4-5-7-18(14)28(26,27)24-19/h4-9,11-12,17H,10H2,1-3H3,(H,22,24)(H,23,25). The van der Waals surface area contributed by atoms with Crippen LogP contribution in [0.3, 0.4) is 0 Å². The van der Waals surface area contributed by atoms with Crippen LogP contribution in [0.2, 0.25) is 0 Å². The van der Waals surface area contributed by atoms with Crippen LogP contribution < -0.4 is 10.0 Å². The van der Waals surface area contributed by atoms with E-state index in [0.29, 0.717) is 12.0 Å². The number of sulfonamides is 1. The van der Waals surface area contributed by atoms with Crippen molar-refractivity contribution in [2.24, 2.45) is 10.9 Å². The van der Waals surface area contributed by atoms with Gasteiger partial charge in [-0.05, 0) is 49.1 Å². The summed E-state index contributed by atoms with van der Waals surface area (Å²) in [4.78, 5) is 17.3.